The van der Waals surface area contributed by atoms with E-state index in [4.69, 9.17) is 5.11 Å². The summed E-state index contributed by atoms with van der Waals surface area (Å²) in [4.78, 5) is 13.3. The van der Waals surface area contributed by atoms with Crippen LogP contribution in [0.25, 0.3) is 0 Å². The van der Waals surface area contributed by atoms with Gasteiger partial charge >= 0.3 is 5.97 Å². The lowest BCUT2D eigenvalue weighted by Gasteiger charge is -2.20. The normalized spacial score (nSPS) is 11.1. The first-order valence-corrected chi connectivity index (χ1v) is 6.88. The molecule has 0 aromatic heterocycles. The Kier molecular flexibility index (Phi) is 6.45. The Morgan fingerprint density at radius 3 is 2.70 bits per heavy atom. The lowest BCUT2D eigenvalue weighted by atomic mass is 10.1. The molecule has 0 saturated heterocycles. The summed E-state index contributed by atoms with van der Waals surface area (Å²) in [6.07, 6.45) is 1.97. The molecule has 112 valence electrons. The molecule has 1 rings (SSSR count). The van der Waals surface area contributed by atoms with Crippen LogP contribution in [0.1, 0.15) is 37.0 Å². The fourth-order valence-electron chi connectivity index (χ4n) is 1.82. The largest absolute Gasteiger partial charge is 0.478 e. The summed E-state index contributed by atoms with van der Waals surface area (Å²) >= 11 is 0. The van der Waals surface area contributed by atoms with E-state index in [0.717, 1.165) is 25.5 Å². The van der Waals surface area contributed by atoms with Crippen molar-refractivity contribution in [3.8, 4) is 0 Å². The van der Waals surface area contributed by atoms with Gasteiger partial charge in [0.25, 0.3) is 0 Å². The molecule has 0 aliphatic heterocycles. The van der Waals surface area contributed by atoms with Crippen molar-refractivity contribution in [2.75, 3.05) is 25.5 Å². The number of carboxylic acids is 1. The van der Waals surface area contributed by atoms with Crippen LogP contribution in [-0.4, -0.2) is 42.2 Å². The molecule has 20 heavy (non-hydrogen) atoms. The predicted octanol–water partition coefficient (Wildman–Crippen LogP) is 3.06. The van der Waals surface area contributed by atoms with Gasteiger partial charge in [0.2, 0.25) is 0 Å². The molecule has 1 aromatic rings. The Balaban J connectivity index is 2.41. The van der Waals surface area contributed by atoms with Gasteiger partial charge in [-0.3, -0.25) is 0 Å². The lowest BCUT2D eigenvalue weighted by molar-refractivity contribution is 0.0697. The second-order valence-electron chi connectivity index (χ2n) is 5.20. The lowest BCUT2D eigenvalue weighted by Crippen LogP contribution is -2.27. The number of anilines is 1. The van der Waals surface area contributed by atoms with Crippen LogP contribution in [0.15, 0.2) is 18.2 Å². The second kappa shape index (κ2) is 7.85. The van der Waals surface area contributed by atoms with Crippen molar-refractivity contribution < 1.29 is 14.3 Å². The third-order valence-electron chi connectivity index (χ3n) is 3.35. The Morgan fingerprint density at radius 1 is 1.40 bits per heavy atom. The highest BCUT2D eigenvalue weighted by Crippen LogP contribution is 2.17. The third kappa shape index (κ3) is 5.17. The molecular weight excluding hydrogens is 259 g/mol. The zero-order valence-electron chi connectivity index (χ0n) is 12.3. The fraction of sp³-hybridized carbons (Fsp3) is 0.533. The van der Waals surface area contributed by atoms with Gasteiger partial charge in [-0.05, 0) is 58.5 Å². The summed E-state index contributed by atoms with van der Waals surface area (Å²) in [6.45, 7) is 5.98. The molecule has 0 aliphatic carbocycles. The summed E-state index contributed by atoms with van der Waals surface area (Å²) < 4.78 is 13.0. The summed E-state index contributed by atoms with van der Waals surface area (Å²) in [5.41, 5.74) is 0.445. The highest BCUT2D eigenvalue weighted by atomic mass is 19.1. The van der Waals surface area contributed by atoms with Gasteiger partial charge in [0.1, 0.15) is 5.82 Å². The third-order valence-corrected chi connectivity index (χ3v) is 3.35. The molecule has 0 fully saturated rings. The molecule has 1 aromatic carbocycles. The molecule has 0 unspecified atom stereocenters. The van der Waals surface area contributed by atoms with E-state index >= 15 is 0 Å². The number of nitrogens with zero attached hydrogens (tertiary/aromatic N) is 1. The summed E-state index contributed by atoms with van der Waals surface area (Å²) in [6, 6.07) is 4.30. The van der Waals surface area contributed by atoms with E-state index in [1.165, 1.54) is 12.1 Å². The SMILES string of the molecule is CC(C)N(C)CCCCNc1ccc(F)cc1C(=O)O. The van der Waals surface area contributed by atoms with Crippen LogP contribution in [0.4, 0.5) is 10.1 Å². The Labute approximate surface area is 119 Å². The quantitative estimate of drug-likeness (QED) is 0.720. The maximum absolute atomic E-state index is 13.0. The average molecular weight is 282 g/mol. The van der Waals surface area contributed by atoms with Crippen molar-refractivity contribution in [3.63, 3.8) is 0 Å². The number of hydrogen-bond acceptors (Lipinski definition) is 3. The molecule has 4 nitrogen and oxygen atoms in total. The van der Waals surface area contributed by atoms with E-state index in [-0.39, 0.29) is 5.56 Å². The smallest absolute Gasteiger partial charge is 0.337 e. The van der Waals surface area contributed by atoms with Crippen LogP contribution >= 0.6 is 0 Å². The maximum Gasteiger partial charge on any atom is 0.337 e. The van der Waals surface area contributed by atoms with Gasteiger partial charge in [-0.1, -0.05) is 0 Å². The first-order valence-electron chi connectivity index (χ1n) is 6.88. The standard InChI is InChI=1S/C15H23FN2O2/c1-11(2)18(3)9-5-4-8-17-14-7-6-12(16)10-13(14)15(19)20/h6-7,10-11,17H,4-5,8-9H2,1-3H3,(H,19,20). The number of halogens is 1. The van der Waals surface area contributed by atoms with E-state index in [2.05, 4.69) is 31.1 Å². The van der Waals surface area contributed by atoms with Crippen molar-refractivity contribution in [1.29, 1.82) is 0 Å². The van der Waals surface area contributed by atoms with Gasteiger partial charge < -0.3 is 15.3 Å². The number of nitrogens with one attached hydrogen (secondary N) is 1. The van der Waals surface area contributed by atoms with Crippen molar-refractivity contribution in [3.05, 3.63) is 29.6 Å². The summed E-state index contributed by atoms with van der Waals surface area (Å²) in [5.74, 6) is -1.65. The van der Waals surface area contributed by atoms with E-state index in [1.54, 1.807) is 0 Å². The first kappa shape index (κ1) is 16.4. The molecule has 0 bridgehead atoms. The number of unbranched alkanes of at least 4 members (excludes halogenated alkanes) is 1. The number of carboxylic acid groups (broad SMARTS) is 1. The molecular formula is C15H23FN2O2. The molecule has 0 heterocycles. The molecule has 0 spiro atoms. The van der Waals surface area contributed by atoms with Crippen LogP contribution < -0.4 is 5.32 Å². The first-order chi connectivity index (χ1) is 9.41. The molecule has 0 radical (unpaired) electrons. The number of aromatic carboxylic acids is 1. The monoisotopic (exact) mass is 282 g/mol. The molecule has 0 amide bonds. The minimum Gasteiger partial charge on any atom is -0.478 e. The molecule has 2 N–H and O–H groups in total. The number of rotatable bonds is 8. The number of carbonyl (C=O) groups is 1. The Hall–Kier alpha value is -1.62. The number of benzene rings is 1. The molecule has 0 saturated carbocycles. The second-order valence-corrected chi connectivity index (χ2v) is 5.20. The van der Waals surface area contributed by atoms with Gasteiger partial charge in [0.05, 0.1) is 5.56 Å². The van der Waals surface area contributed by atoms with Crippen molar-refractivity contribution in [1.82, 2.24) is 4.90 Å². The van der Waals surface area contributed by atoms with E-state index < -0.39 is 11.8 Å². The van der Waals surface area contributed by atoms with Gasteiger partial charge in [0, 0.05) is 18.3 Å². The van der Waals surface area contributed by atoms with Crippen LogP contribution in [0, 0.1) is 5.82 Å². The van der Waals surface area contributed by atoms with Gasteiger partial charge in [-0.25, -0.2) is 9.18 Å². The van der Waals surface area contributed by atoms with Gasteiger partial charge in [0.15, 0.2) is 0 Å². The zero-order valence-corrected chi connectivity index (χ0v) is 12.3. The van der Waals surface area contributed by atoms with Crippen molar-refractivity contribution >= 4 is 11.7 Å². The van der Waals surface area contributed by atoms with Crippen LogP contribution in [-0.2, 0) is 0 Å². The van der Waals surface area contributed by atoms with Crippen LogP contribution in [0.5, 0.6) is 0 Å². The number of hydrogen-bond donors (Lipinski definition) is 2. The highest BCUT2D eigenvalue weighted by Gasteiger charge is 2.10. The van der Waals surface area contributed by atoms with E-state index in [1.807, 2.05) is 0 Å². The maximum atomic E-state index is 13.0. The van der Waals surface area contributed by atoms with Crippen molar-refractivity contribution in [2.24, 2.45) is 0 Å². The topological polar surface area (TPSA) is 52.6 Å². The summed E-state index contributed by atoms with van der Waals surface area (Å²) in [7, 11) is 2.08. The Bertz CT molecular complexity index is 449. The predicted molar refractivity (Wildman–Crippen MR) is 78.8 cm³/mol. The van der Waals surface area contributed by atoms with Gasteiger partial charge in [-0.2, -0.15) is 0 Å². The Morgan fingerprint density at radius 2 is 2.10 bits per heavy atom. The van der Waals surface area contributed by atoms with Crippen LogP contribution in [0.3, 0.4) is 0 Å². The van der Waals surface area contributed by atoms with E-state index in [9.17, 15) is 9.18 Å². The zero-order chi connectivity index (χ0) is 15.1. The minimum atomic E-state index is -1.12. The molecule has 0 aliphatic rings. The van der Waals surface area contributed by atoms with Crippen molar-refractivity contribution in [2.45, 2.75) is 32.7 Å². The fourth-order valence-corrected chi connectivity index (χ4v) is 1.82. The molecule has 0 atom stereocenters. The van der Waals surface area contributed by atoms with Gasteiger partial charge in [-0.15, -0.1) is 0 Å². The minimum absolute atomic E-state index is 0.0238. The van der Waals surface area contributed by atoms with E-state index in [0.29, 0.717) is 18.3 Å². The average Bonchev–Trinajstić information content (AvgIpc) is 2.39. The molecule has 5 heteroatoms. The summed E-state index contributed by atoms with van der Waals surface area (Å²) in [5, 5.41) is 12.1. The van der Waals surface area contributed by atoms with Crippen LogP contribution in [0.2, 0.25) is 0 Å². The highest BCUT2D eigenvalue weighted by molar-refractivity contribution is 5.94.